The first-order valence-corrected chi connectivity index (χ1v) is 9.59. The largest absolute Gasteiger partial charge is 0.493 e. The third-order valence-corrected chi connectivity index (χ3v) is 4.76. The van der Waals surface area contributed by atoms with E-state index < -0.39 is 0 Å². The predicted octanol–water partition coefficient (Wildman–Crippen LogP) is 6.02. The summed E-state index contributed by atoms with van der Waals surface area (Å²) >= 11 is 0. The third kappa shape index (κ3) is 5.14. The summed E-state index contributed by atoms with van der Waals surface area (Å²) in [6.45, 7) is 2.10. The number of nitrogens with zero attached hydrogens (tertiary/aromatic N) is 1. The Morgan fingerprint density at radius 3 is 2.29 bits per heavy atom. The topological polar surface area (TPSA) is 42.2 Å². The van der Waals surface area contributed by atoms with Crippen molar-refractivity contribution in [3.63, 3.8) is 0 Å². The van der Waals surface area contributed by atoms with Crippen molar-refractivity contribution in [1.29, 1.82) is 5.26 Å². The molecule has 0 radical (unpaired) electrons. The summed E-state index contributed by atoms with van der Waals surface area (Å²) in [6.07, 6.45) is 3.19. The van der Waals surface area contributed by atoms with Crippen LogP contribution < -0.4 is 9.47 Å². The van der Waals surface area contributed by atoms with Gasteiger partial charge in [0.15, 0.2) is 11.5 Å². The maximum absolute atomic E-state index is 8.97. The van der Waals surface area contributed by atoms with Crippen LogP contribution in [0.4, 0.5) is 0 Å². The molecule has 28 heavy (non-hydrogen) atoms. The van der Waals surface area contributed by atoms with Crippen molar-refractivity contribution < 1.29 is 9.47 Å². The Kier molecular flexibility index (Phi) is 6.70. The lowest BCUT2D eigenvalue weighted by Gasteiger charge is -2.18. The van der Waals surface area contributed by atoms with E-state index in [2.05, 4.69) is 37.3 Å². The average Bonchev–Trinajstić information content (AvgIpc) is 2.74. The van der Waals surface area contributed by atoms with Crippen LogP contribution in [-0.4, -0.2) is 13.2 Å². The Bertz CT molecular complexity index is 927. The van der Waals surface area contributed by atoms with Crippen LogP contribution in [0.1, 0.15) is 30.9 Å². The van der Waals surface area contributed by atoms with Crippen molar-refractivity contribution in [3.8, 4) is 28.7 Å². The van der Waals surface area contributed by atoms with Crippen molar-refractivity contribution >= 4 is 0 Å². The zero-order valence-corrected chi connectivity index (χ0v) is 16.4. The molecule has 3 aromatic carbocycles. The molecule has 3 aromatic rings. The monoisotopic (exact) mass is 371 g/mol. The van der Waals surface area contributed by atoms with Gasteiger partial charge in [0.05, 0.1) is 24.8 Å². The highest BCUT2D eigenvalue weighted by molar-refractivity contribution is 5.67. The first kappa shape index (κ1) is 19.5. The zero-order chi connectivity index (χ0) is 19.8. The molecule has 3 heteroatoms. The summed E-state index contributed by atoms with van der Waals surface area (Å²) < 4.78 is 11.7. The Morgan fingerprint density at radius 2 is 1.61 bits per heavy atom. The molecular weight excluding hydrogens is 346 g/mol. The molecule has 142 valence electrons. The van der Waals surface area contributed by atoms with Gasteiger partial charge in [-0.05, 0) is 67.1 Å². The highest BCUT2D eigenvalue weighted by atomic mass is 16.5. The van der Waals surface area contributed by atoms with Crippen molar-refractivity contribution in [2.45, 2.75) is 32.3 Å². The molecule has 0 aromatic heterocycles. The minimum atomic E-state index is 0.0915. The van der Waals surface area contributed by atoms with Crippen LogP contribution in [0.5, 0.6) is 11.5 Å². The Labute approximate surface area is 167 Å². The van der Waals surface area contributed by atoms with E-state index in [9.17, 15) is 0 Å². The first-order valence-electron chi connectivity index (χ1n) is 9.59. The number of methoxy groups -OCH3 is 1. The number of nitriles is 1. The second kappa shape index (κ2) is 9.62. The van der Waals surface area contributed by atoms with E-state index in [0.29, 0.717) is 5.56 Å². The smallest absolute Gasteiger partial charge is 0.162 e. The fraction of sp³-hybridized carbons (Fsp3) is 0.240. The van der Waals surface area contributed by atoms with E-state index in [4.69, 9.17) is 14.7 Å². The Hall–Kier alpha value is -3.25. The fourth-order valence-corrected chi connectivity index (χ4v) is 3.20. The lowest BCUT2D eigenvalue weighted by molar-refractivity contribution is 0.199. The highest BCUT2D eigenvalue weighted by Gasteiger charge is 2.11. The van der Waals surface area contributed by atoms with E-state index in [0.717, 1.165) is 41.9 Å². The molecule has 1 unspecified atom stereocenters. The predicted molar refractivity (Wildman–Crippen MR) is 113 cm³/mol. The number of hydrogen-bond acceptors (Lipinski definition) is 3. The Morgan fingerprint density at radius 1 is 0.893 bits per heavy atom. The van der Waals surface area contributed by atoms with Gasteiger partial charge in [-0.3, -0.25) is 0 Å². The molecule has 0 heterocycles. The van der Waals surface area contributed by atoms with Gasteiger partial charge < -0.3 is 9.47 Å². The molecule has 0 aliphatic rings. The molecule has 0 aliphatic heterocycles. The summed E-state index contributed by atoms with van der Waals surface area (Å²) in [5.41, 5.74) is 4.09. The third-order valence-electron chi connectivity index (χ3n) is 4.76. The highest BCUT2D eigenvalue weighted by Crippen LogP contribution is 2.33. The molecule has 0 amide bonds. The second-order valence-electron chi connectivity index (χ2n) is 6.86. The van der Waals surface area contributed by atoms with Crippen molar-refractivity contribution in [2.24, 2.45) is 0 Å². The fourth-order valence-electron chi connectivity index (χ4n) is 3.20. The van der Waals surface area contributed by atoms with E-state index in [1.54, 1.807) is 7.11 Å². The van der Waals surface area contributed by atoms with Gasteiger partial charge in [-0.1, -0.05) is 48.5 Å². The lowest BCUT2D eigenvalue weighted by Crippen LogP contribution is -2.12. The van der Waals surface area contributed by atoms with E-state index in [1.165, 1.54) is 5.56 Å². The van der Waals surface area contributed by atoms with Gasteiger partial charge in [-0.15, -0.1) is 0 Å². The van der Waals surface area contributed by atoms with Gasteiger partial charge in [0, 0.05) is 0 Å². The van der Waals surface area contributed by atoms with E-state index in [1.807, 2.05) is 48.5 Å². The molecule has 0 bridgehead atoms. The van der Waals surface area contributed by atoms with Gasteiger partial charge in [-0.2, -0.15) is 5.26 Å². The zero-order valence-electron chi connectivity index (χ0n) is 16.4. The minimum Gasteiger partial charge on any atom is -0.493 e. The van der Waals surface area contributed by atoms with Crippen molar-refractivity contribution in [2.75, 3.05) is 7.11 Å². The van der Waals surface area contributed by atoms with Crippen LogP contribution >= 0.6 is 0 Å². The molecule has 0 spiro atoms. The second-order valence-corrected chi connectivity index (χ2v) is 6.86. The first-order chi connectivity index (χ1) is 13.7. The summed E-state index contributed by atoms with van der Waals surface area (Å²) in [4.78, 5) is 0. The molecule has 0 saturated heterocycles. The van der Waals surface area contributed by atoms with E-state index in [-0.39, 0.29) is 6.10 Å². The maximum Gasteiger partial charge on any atom is 0.162 e. The normalized spacial score (nSPS) is 11.5. The molecular formula is C25H25NO2. The number of ether oxygens (including phenoxy) is 2. The van der Waals surface area contributed by atoms with Gasteiger partial charge in [0.1, 0.15) is 0 Å². The maximum atomic E-state index is 8.97. The van der Waals surface area contributed by atoms with Crippen LogP contribution in [0.15, 0.2) is 72.8 Å². The van der Waals surface area contributed by atoms with Gasteiger partial charge in [-0.25, -0.2) is 0 Å². The average molecular weight is 371 g/mol. The van der Waals surface area contributed by atoms with Gasteiger partial charge in [0.2, 0.25) is 0 Å². The molecule has 3 rings (SSSR count). The lowest BCUT2D eigenvalue weighted by atomic mass is 10.0. The molecule has 1 atom stereocenters. The molecule has 3 nitrogen and oxygen atoms in total. The van der Waals surface area contributed by atoms with Crippen LogP contribution in [0.3, 0.4) is 0 Å². The van der Waals surface area contributed by atoms with Crippen LogP contribution in [0.2, 0.25) is 0 Å². The molecule has 0 fully saturated rings. The molecule has 0 N–H and O–H groups in total. The SMILES string of the molecule is COc1ccc(-c2ccc(C#N)cc2)cc1OC(C)CCCc1ccccc1. The summed E-state index contributed by atoms with van der Waals surface area (Å²) in [5.74, 6) is 1.48. The number of aryl methyl sites for hydroxylation is 1. The quantitative estimate of drug-likeness (QED) is 0.486. The Balaban J connectivity index is 1.66. The summed E-state index contributed by atoms with van der Waals surface area (Å²) in [7, 11) is 1.66. The van der Waals surface area contributed by atoms with E-state index >= 15 is 0 Å². The summed E-state index contributed by atoms with van der Waals surface area (Å²) in [5, 5.41) is 8.97. The van der Waals surface area contributed by atoms with Gasteiger partial charge in [0.25, 0.3) is 0 Å². The molecule has 0 saturated carbocycles. The number of rotatable bonds is 8. The van der Waals surface area contributed by atoms with Crippen LogP contribution in [0.25, 0.3) is 11.1 Å². The molecule has 0 aliphatic carbocycles. The van der Waals surface area contributed by atoms with Gasteiger partial charge >= 0.3 is 0 Å². The van der Waals surface area contributed by atoms with Crippen LogP contribution in [-0.2, 0) is 6.42 Å². The minimum absolute atomic E-state index is 0.0915. The standard InChI is InChI=1S/C25H25NO2/c1-19(7-6-10-20-8-4-3-5-9-20)28-25-17-23(15-16-24(25)27-2)22-13-11-21(18-26)12-14-22/h3-5,8-9,11-17,19H,6-7,10H2,1-2H3. The number of hydrogen-bond donors (Lipinski definition) is 0. The van der Waals surface area contributed by atoms with Crippen LogP contribution in [0, 0.1) is 11.3 Å². The van der Waals surface area contributed by atoms with Crippen molar-refractivity contribution in [3.05, 3.63) is 83.9 Å². The number of benzene rings is 3. The summed E-state index contributed by atoms with van der Waals surface area (Å²) in [6, 6.07) is 26.2. The van der Waals surface area contributed by atoms with Crippen molar-refractivity contribution in [1.82, 2.24) is 0 Å².